The fourth-order valence-corrected chi connectivity index (χ4v) is 2.01. The van der Waals surface area contributed by atoms with Gasteiger partial charge < -0.3 is 10.6 Å². The van der Waals surface area contributed by atoms with Crippen LogP contribution >= 0.6 is 0 Å². The van der Waals surface area contributed by atoms with Crippen molar-refractivity contribution in [3.05, 3.63) is 33.9 Å². The topological polar surface area (TPSA) is 84.3 Å². The minimum atomic E-state index is -0.477. The average Bonchev–Trinajstić information content (AvgIpc) is 2.84. The van der Waals surface area contributed by atoms with Gasteiger partial charge in [0.05, 0.1) is 10.8 Å². The third-order valence-electron chi connectivity index (χ3n) is 3.04. The molecule has 0 radical (unpaired) electrons. The predicted molar refractivity (Wildman–Crippen MR) is 67.4 cm³/mol. The van der Waals surface area contributed by atoms with Gasteiger partial charge in [0.25, 0.3) is 5.69 Å². The number of aryl methyl sites for hydroxylation is 1. The lowest BCUT2D eigenvalue weighted by Gasteiger charge is -2.10. The van der Waals surface area contributed by atoms with Crippen molar-refractivity contribution in [2.45, 2.75) is 13.3 Å². The maximum atomic E-state index is 11.9. The number of amides is 1. The van der Waals surface area contributed by atoms with Crippen LogP contribution in [0.25, 0.3) is 0 Å². The molecule has 6 heteroatoms. The quantitative estimate of drug-likeness (QED) is 0.627. The number of hydrogen-bond donors (Lipinski definition) is 2. The van der Waals surface area contributed by atoms with E-state index in [2.05, 4.69) is 10.6 Å². The lowest BCUT2D eigenvalue weighted by atomic mass is 10.1. The first-order valence-corrected chi connectivity index (χ1v) is 5.84. The van der Waals surface area contributed by atoms with E-state index in [1.807, 2.05) is 0 Å². The number of carbonyl (C=O) groups is 1. The Labute approximate surface area is 105 Å². The second-order valence-corrected chi connectivity index (χ2v) is 4.46. The molecule has 1 saturated heterocycles. The summed E-state index contributed by atoms with van der Waals surface area (Å²) in [7, 11) is 0. The molecular formula is C12H15N3O3. The number of nitrogens with one attached hydrogen (secondary N) is 2. The fourth-order valence-electron chi connectivity index (χ4n) is 2.01. The zero-order valence-electron chi connectivity index (χ0n) is 10.1. The van der Waals surface area contributed by atoms with E-state index < -0.39 is 4.92 Å². The van der Waals surface area contributed by atoms with Crippen LogP contribution in [0.5, 0.6) is 0 Å². The van der Waals surface area contributed by atoms with E-state index in [4.69, 9.17) is 0 Å². The highest BCUT2D eigenvalue weighted by Crippen LogP contribution is 2.26. The SMILES string of the molecule is Cc1ccc(NC(=O)C2CCNC2)c([N+](=O)[O-])c1. The van der Waals surface area contributed by atoms with Crippen LogP contribution in [0.15, 0.2) is 18.2 Å². The van der Waals surface area contributed by atoms with Gasteiger partial charge in [0.2, 0.25) is 5.91 Å². The summed E-state index contributed by atoms with van der Waals surface area (Å²) in [6.45, 7) is 3.22. The van der Waals surface area contributed by atoms with Crippen LogP contribution < -0.4 is 10.6 Å². The van der Waals surface area contributed by atoms with E-state index in [0.29, 0.717) is 6.54 Å². The molecule has 0 spiro atoms. The number of hydrogen-bond acceptors (Lipinski definition) is 4. The van der Waals surface area contributed by atoms with Gasteiger partial charge in [-0.15, -0.1) is 0 Å². The van der Waals surface area contributed by atoms with E-state index in [0.717, 1.165) is 18.5 Å². The monoisotopic (exact) mass is 249 g/mol. The third-order valence-corrected chi connectivity index (χ3v) is 3.04. The Hall–Kier alpha value is -1.95. The molecule has 1 aliphatic rings. The van der Waals surface area contributed by atoms with Crippen LogP contribution in [0.3, 0.4) is 0 Å². The normalized spacial score (nSPS) is 18.6. The largest absolute Gasteiger partial charge is 0.320 e. The van der Waals surface area contributed by atoms with Gasteiger partial charge in [-0.05, 0) is 31.5 Å². The summed E-state index contributed by atoms with van der Waals surface area (Å²) in [5.41, 5.74) is 0.999. The van der Waals surface area contributed by atoms with Gasteiger partial charge in [0.1, 0.15) is 5.69 Å². The minimum absolute atomic E-state index is 0.0608. The highest BCUT2D eigenvalue weighted by Gasteiger charge is 2.24. The highest BCUT2D eigenvalue weighted by atomic mass is 16.6. The summed E-state index contributed by atoms with van der Waals surface area (Å²) in [4.78, 5) is 22.3. The molecule has 1 atom stereocenters. The number of carbonyl (C=O) groups excluding carboxylic acids is 1. The molecule has 1 fully saturated rings. The molecule has 2 rings (SSSR count). The van der Waals surface area contributed by atoms with Gasteiger partial charge >= 0.3 is 0 Å². The Morgan fingerprint density at radius 3 is 2.94 bits per heavy atom. The summed E-state index contributed by atoms with van der Waals surface area (Å²) >= 11 is 0. The smallest absolute Gasteiger partial charge is 0.293 e. The van der Waals surface area contributed by atoms with Gasteiger partial charge in [0.15, 0.2) is 0 Å². The van der Waals surface area contributed by atoms with Crippen molar-refractivity contribution in [1.29, 1.82) is 0 Å². The van der Waals surface area contributed by atoms with Gasteiger partial charge in [-0.1, -0.05) is 6.07 Å². The Kier molecular flexibility index (Phi) is 3.57. The molecule has 1 unspecified atom stereocenters. The van der Waals surface area contributed by atoms with Crippen molar-refractivity contribution in [3.8, 4) is 0 Å². The van der Waals surface area contributed by atoms with Crippen molar-refractivity contribution < 1.29 is 9.72 Å². The van der Waals surface area contributed by atoms with Gasteiger partial charge in [-0.2, -0.15) is 0 Å². The number of rotatable bonds is 3. The van der Waals surface area contributed by atoms with Crippen LogP contribution in [-0.2, 0) is 4.79 Å². The Bertz CT molecular complexity index is 481. The summed E-state index contributed by atoms with van der Waals surface area (Å²) < 4.78 is 0. The molecule has 1 heterocycles. The first-order chi connectivity index (χ1) is 8.58. The van der Waals surface area contributed by atoms with Crippen molar-refractivity contribution in [3.63, 3.8) is 0 Å². The lowest BCUT2D eigenvalue weighted by Crippen LogP contribution is -2.25. The van der Waals surface area contributed by atoms with Crippen LogP contribution in [0.1, 0.15) is 12.0 Å². The Morgan fingerprint density at radius 1 is 1.56 bits per heavy atom. The molecule has 0 saturated carbocycles. The summed E-state index contributed by atoms with van der Waals surface area (Å²) in [6.07, 6.45) is 0.769. The fraction of sp³-hybridized carbons (Fsp3) is 0.417. The molecule has 2 N–H and O–H groups in total. The first kappa shape index (κ1) is 12.5. The van der Waals surface area contributed by atoms with Crippen LogP contribution in [0, 0.1) is 23.0 Å². The van der Waals surface area contributed by atoms with Crippen molar-refractivity contribution >= 4 is 17.3 Å². The molecule has 1 aromatic rings. The summed E-state index contributed by atoms with van der Waals surface area (Å²) in [5, 5.41) is 16.6. The molecule has 0 aliphatic carbocycles. The van der Waals surface area contributed by atoms with Gasteiger partial charge in [-0.3, -0.25) is 14.9 Å². The number of anilines is 1. The van der Waals surface area contributed by atoms with Gasteiger partial charge in [0, 0.05) is 12.6 Å². The minimum Gasteiger partial charge on any atom is -0.320 e. The van der Waals surface area contributed by atoms with E-state index in [-0.39, 0.29) is 23.2 Å². The summed E-state index contributed by atoms with van der Waals surface area (Å²) in [6, 6.07) is 4.78. The van der Waals surface area contributed by atoms with Crippen LogP contribution in [0.2, 0.25) is 0 Å². The first-order valence-electron chi connectivity index (χ1n) is 5.84. The molecule has 1 amide bonds. The van der Waals surface area contributed by atoms with Crippen molar-refractivity contribution in [1.82, 2.24) is 5.32 Å². The molecule has 18 heavy (non-hydrogen) atoms. The predicted octanol–water partition coefficient (Wildman–Crippen LogP) is 1.45. The number of benzene rings is 1. The lowest BCUT2D eigenvalue weighted by molar-refractivity contribution is -0.384. The van der Waals surface area contributed by atoms with Crippen molar-refractivity contribution in [2.24, 2.45) is 5.92 Å². The maximum Gasteiger partial charge on any atom is 0.293 e. The van der Waals surface area contributed by atoms with E-state index >= 15 is 0 Å². The molecular weight excluding hydrogens is 234 g/mol. The van der Waals surface area contributed by atoms with Gasteiger partial charge in [-0.25, -0.2) is 0 Å². The van der Waals surface area contributed by atoms with E-state index in [9.17, 15) is 14.9 Å². The third kappa shape index (κ3) is 2.65. The molecule has 96 valence electrons. The molecule has 1 aliphatic heterocycles. The average molecular weight is 249 g/mol. The maximum absolute atomic E-state index is 11.9. The van der Waals surface area contributed by atoms with Crippen LogP contribution in [-0.4, -0.2) is 23.9 Å². The Balaban J connectivity index is 2.17. The molecule has 0 bridgehead atoms. The number of nitro benzene ring substituents is 1. The highest BCUT2D eigenvalue weighted by molar-refractivity contribution is 5.95. The van der Waals surface area contributed by atoms with Crippen LogP contribution in [0.4, 0.5) is 11.4 Å². The Morgan fingerprint density at radius 2 is 2.33 bits per heavy atom. The van der Waals surface area contributed by atoms with E-state index in [1.54, 1.807) is 19.1 Å². The summed E-state index contributed by atoms with van der Waals surface area (Å²) in [5.74, 6) is -0.266. The second-order valence-electron chi connectivity index (χ2n) is 4.46. The van der Waals surface area contributed by atoms with E-state index in [1.165, 1.54) is 6.07 Å². The zero-order valence-corrected chi connectivity index (χ0v) is 10.1. The zero-order chi connectivity index (χ0) is 13.1. The standard InChI is InChI=1S/C12H15N3O3/c1-8-2-3-10(11(6-8)15(17)18)14-12(16)9-4-5-13-7-9/h2-3,6,9,13H,4-5,7H2,1H3,(H,14,16). The molecule has 6 nitrogen and oxygen atoms in total. The molecule has 0 aromatic heterocycles. The number of nitrogens with zero attached hydrogens (tertiary/aromatic N) is 1. The molecule has 1 aromatic carbocycles. The second kappa shape index (κ2) is 5.14. The number of nitro groups is 1. The van der Waals surface area contributed by atoms with Crippen molar-refractivity contribution in [2.75, 3.05) is 18.4 Å².